The van der Waals surface area contributed by atoms with Crippen molar-refractivity contribution in [1.29, 1.82) is 0 Å². The Balaban J connectivity index is 0.000000260. The zero-order valence-electron chi connectivity index (χ0n) is 15.8. The average molecular weight is 364 g/mol. The molecule has 2 aromatic rings. The molecule has 0 atom stereocenters. The Kier molecular flexibility index (Phi) is 7.43. The molecule has 142 valence electrons. The van der Waals surface area contributed by atoms with Crippen LogP contribution in [0.15, 0.2) is 30.8 Å². The third-order valence-electron chi connectivity index (χ3n) is 3.77. The van der Waals surface area contributed by atoms with Gasteiger partial charge in [0.1, 0.15) is 23.1 Å². The smallest absolute Gasteiger partial charge is 0.145 e. The summed E-state index contributed by atoms with van der Waals surface area (Å²) in [6.45, 7) is 9.39. The molecule has 0 aliphatic carbocycles. The highest BCUT2D eigenvalue weighted by Crippen LogP contribution is 2.31. The largest absolute Gasteiger partial charge is 0.494 e. The first-order chi connectivity index (χ1) is 12.1. The van der Waals surface area contributed by atoms with Gasteiger partial charge < -0.3 is 20.9 Å². The number of ether oxygens (including phenoxy) is 2. The van der Waals surface area contributed by atoms with Gasteiger partial charge in [-0.15, -0.1) is 0 Å². The van der Waals surface area contributed by atoms with Crippen LogP contribution in [0.5, 0.6) is 11.5 Å². The number of nitrogen functional groups attached to an aromatic ring is 2. The zero-order chi connectivity index (χ0) is 20.0. The normalized spacial score (nSPS) is 10.2. The Hall–Kier alpha value is -2.76. The topological polar surface area (TPSA) is 70.5 Å². The molecule has 2 rings (SSSR count). The molecule has 4 N–H and O–H groups in total. The fraction of sp³-hybridized carbons (Fsp3) is 0.300. The van der Waals surface area contributed by atoms with Gasteiger partial charge in [0.2, 0.25) is 0 Å². The maximum Gasteiger partial charge on any atom is 0.145 e. The predicted octanol–water partition coefficient (Wildman–Crippen LogP) is 4.99. The highest BCUT2D eigenvalue weighted by Gasteiger charge is 2.11. The molecule has 0 spiro atoms. The van der Waals surface area contributed by atoms with E-state index in [1.54, 1.807) is 6.92 Å². The number of allylic oxidation sites excluding steroid dienone is 1. The van der Waals surface area contributed by atoms with Crippen molar-refractivity contribution < 1.29 is 18.3 Å². The summed E-state index contributed by atoms with van der Waals surface area (Å²) in [6, 6.07) is 5.34. The lowest BCUT2D eigenvalue weighted by molar-refractivity contribution is 0.412. The number of benzene rings is 2. The van der Waals surface area contributed by atoms with Crippen molar-refractivity contribution in [2.75, 3.05) is 25.7 Å². The molecule has 0 bridgehead atoms. The van der Waals surface area contributed by atoms with Gasteiger partial charge in [0, 0.05) is 17.7 Å². The Morgan fingerprint density at radius 2 is 1.38 bits per heavy atom. The number of rotatable bonds is 4. The first-order valence-electron chi connectivity index (χ1n) is 8.04. The van der Waals surface area contributed by atoms with E-state index >= 15 is 0 Å². The Morgan fingerprint density at radius 3 is 1.81 bits per heavy atom. The summed E-state index contributed by atoms with van der Waals surface area (Å²) in [7, 11) is 2.93. The molecule has 0 amide bonds. The van der Waals surface area contributed by atoms with Crippen LogP contribution in [0.4, 0.5) is 20.2 Å². The number of hydrogen-bond acceptors (Lipinski definition) is 4. The number of nitrogens with two attached hydrogens (primary N) is 2. The minimum Gasteiger partial charge on any atom is -0.494 e. The molecule has 0 aromatic heterocycles. The van der Waals surface area contributed by atoms with E-state index in [0.29, 0.717) is 28.4 Å². The third kappa shape index (κ3) is 5.12. The SMILES string of the molecule is C=C(C)c1cc(F)cc(OC)c1N.COc1cc(F)cc(C(C)C)c1N. The van der Waals surface area contributed by atoms with E-state index in [1.807, 2.05) is 13.8 Å². The third-order valence-corrected chi connectivity index (χ3v) is 3.77. The molecule has 0 aliphatic heterocycles. The summed E-state index contributed by atoms with van der Waals surface area (Å²) in [5, 5.41) is 0. The molecular formula is C20H26F2N2O2. The molecule has 4 nitrogen and oxygen atoms in total. The number of hydrogen-bond donors (Lipinski definition) is 2. The van der Waals surface area contributed by atoms with Crippen LogP contribution in [0.25, 0.3) is 5.57 Å². The zero-order valence-corrected chi connectivity index (χ0v) is 15.8. The van der Waals surface area contributed by atoms with Crippen molar-refractivity contribution in [2.45, 2.75) is 26.7 Å². The van der Waals surface area contributed by atoms with E-state index in [2.05, 4.69) is 6.58 Å². The van der Waals surface area contributed by atoms with Gasteiger partial charge in [-0.3, -0.25) is 0 Å². The second kappa shape index (κ2) is 9.08. The van der Waals surface area contributed by atoms with Gasteiger partial charge in [0.25, 0.3) is 0 Å². The van der Waals surface area contributed by atoms with Crippen LogP contribution in [-0.4, -0.2) is 14.2 Å². The molecule has 0 saturated carbocycles. The Labute approximate surface area is 153 Å². The van der Waals surface area contributed by atoms with Gasteiger partial charge in [0.05, 0.1) is 25.6 Å². The van der Waals surface area contributed by atoms with Crippen molar-refractivity contribution in [1.82, 2.24) is 0 Å². The molecule has 0 aliphatic rings. The first kappa shape index (κ1) is 21.3. The Morgan fingerprint density at radius 1 is 0.923 bits per heavy atom. The van der Waals surface area contributed by atoms with Crippen LogP contribution in [0.3, 0.4) is 0 Å². The second-order valence-corrected chi connectivity index (χ2v) is 6.12. The van der Waals surface area contributed by atoms with Gasteiger partial charge >= 0.3 is 0 Å². The lowest BCUT2D eigenvalue weighted by atomic mass is 10.0. The summed E-state index contributed by atoms with van der Waals surface area (Å²) in [6.07, 6.45) is 0. The molecule has 0 radical (unpaired) electrons. The first-order valence-corrected chi connectivity index (χ1v) is 8.04. The predicted molar refractivity (Wildman–Crippen MR) is 104 cm³/mol. The van der Waals surface area contributed by atoms with E-state index in [0.717, 1.165) is 11.1 Å². The summed E-state index contributed by atoms with van der Waals surface area (Å²) < 4.78 is 35.9. The van der Waals surface area contributed by atoms with Crippen LogP contribution >= 0.6 is 0 Å². The van der Waals surface area contributed by atoms with Crippen molar-refractivity contribution >= 4 is 16.9 Å². The van der Waals surface area contributed by atoms with E-state index in [1.165, 1.54) is 38.5 Å². The van der Waals surface area contributed by atoms with E-state index in [4.69, 9.17) is 20.9 Å². The van der Waals surface area contributed by atoms with Crippen molar-refractivity contribution in [3.05, 3.63) is 53.6 Å². The number of methoxy groups -OCH3 is 2. The monoisotopic (exact) mass is 364 g/mol. The highest BCUT2D eigenvalue weighted by molar-refractivity contribution is 5.76. The van der Waals surface area contributed by atoms with E-state index in [-0.39, 0.29) is 17.6 Å². The maximum atomic E-state index is 13.0. The molecule has 0 fully saturated rings. The second-order valence-electron chi connectivity index (χ2n) is 6.12. The van der Waals surface area contributed by atoms with Gasteiger partial charge in [-0.1, -0.05) is 20.4 Å². The van der Waals surface area contributed by atoms with Crippen molar-refractivity contribution in [3.63, 3.8) is 0 Å². The lowest BCUT2D eigenvalue weighted by Crippen LogP contribution is -2.00. The van der Waals surface area contributed by atoms with Crippen LogP contribution in [-0.2, 0) is 0 Å². The molecule has 26 heavy (non-hydrogen) atoms. The van der Waals surface area contributed by atoms with E-state index < -0.39 is 0 Å². The minimum atomic E-state index is -0.371. The van der Waals surface area contributed by atoms with Gasteiger partial charge in [-0.05, 0) is 36.1 Å². The van der Waals surface area contributed by atoms with Gasteiger partial charge in [-0.2, -0.15) is 0 Å². The fourth-order valence-electron chi connectivity index (χ4n) is 2.37. The lowest BCUT2D eigenvalue weighted by Gasteiger charge is -2.12. The molecule has 0 saturated heterocycles. The van der Waals surface area contributed by atoms with Gasteiger partial charge in [-0.25, -0.2) is 8.78 Å². The molecule has 0 unspecified atom stereocenters. The summed E-state index contributed by atoms with van der Waals surface area (Å²) in [4.78, 5) is 0. The highest BCUT2D eigenvalue weighted by atomic mass is 19.1. The minimum absolute atomic E-state index is 0.199. The van der Waals surface area contributed by atoms with Crippen LogP contribution in [0.1, 0.15) is 37.8 Å². The average Bonchev–Trinajstić information content (AvgIpc) is 2.58. The standard InChI is InChI=1S/C10H14FNO.C10H12FNO/c2*1-6(2)8-4-7(11)5-9(13-3)10(8)12/h4-6H,12H2,1-3H3;4-5H,1,12H2,2-3H3. The van der Waals surface area contributed by atoms with Crippen LogP contribution in [0.2, 0.25) is 0 Å². The number of anilines is 2. The molecule has 6 heteroatoms. The summed E-state index contributed by atoms with van der Waals surface area (Å²) in [5.41, 5.74) is 14.5. The Bertz CT molecular complexity index is 790. The number of halogens is 2. The van der Waals surface area contributed by atoms with Crippen molar-refractivity contribution in [3.8, 4) is 11.5 Å². The summed E-state index contributed by atoms with van der Waals surface area (Å²) >= 11 is 0. The summed E-state index contributed by atoms with van der Waals surface area (Å²) in [5.74, 6) is 0.269. The van der Waals surface area contributed by atoms with Crippen LogP contribution in [0, 0.1) is 11.6 Å². The molecule has 0 heterocycles. The van der Waals surface area contributed by atoms with Gasteiger partial charge in [0.15, 0.2) is 0 Å². The quantitative estimate of drug-likeness (QED) is 0.750. The molecule has 2 aromatic carbocycles. The molecular weight excluding hydrogens is 338 g/mol. The maximum absolute atomic E-state index is 13.0. The van der Waals surface area contributed by atoms with Crippen LogP contribution < -0.4 is 20.9 Å². The fourth-order valence-corrected chi connectivity index (χ4v) is 2.37. The van der Waals surface area contributed by atoms with E-state index in [9.17, 15) is 8.78 Å². The van der Waals surface area contributed by atoms with Crippen molar-refractivity contribution in [2.24, 2.45) is 0 Å².